The molecule has 0 amide bonds. The number of aliphatic carboxylic acids is 1. The van der Waals surface area contributed by atoms with E-state index in [-0.39, 0.29) is 25.7 Å². The lowest BCUT2D eigenvalue weighted by atomic mass is 9.96. The maximum Gasteiger partial charge on any atom is 0.431 e. The maximum absolute atomic E-state index is 13.3. The lowest BCUT2D eigenvalue weighted by Gasteiger charge is -2.40. The van der Waals surface area contributed by atoms with Gasteiger partial charge in [0.05, 0.1) is 16.3 Å². The van der Waals surface area contributed by atoms with Gasteiger partial charge in [-0.1, -0.05) is 34.8 Å². The van der Waals surface area contributed by atoms with Crippen LogP contribution in [0.15, 0.2) is 17.7 Å². The van der Waals surface area contributed by atoms with Crippen LogP contribution in [0.4, 0.5) is 18.9 Å². The molecule has 0 saturated carbocycles. The smallest absolute Gasteiger partial charge is 0.431 e. The minimum Gasteiger partial charge on any atom is -0.478 e. The molecule has 3 nitrogen and oxygen atoms in total. The van der Waals surface area contributed by atoms with Gasteiger partial charge in [0.25, 0.3) is 5.00 Å². The molecule has 1 aromatic carbocycles. The first-order valence-electron chi connectivity index (χ1n) is 5.16. The summed E-state index contributed by atoms with van der Waals surface area (Å²) in [5, 5.41) is 8.93. The van der Waals surface area contributed by atoms with Gasteiger partial charge in [-0.2, -0.15) is 13.2 Å². The van der Waals surface area contributed by atoms with Gasteiger partial charge < -0.3 is 5.11 Å². The molecule has 0 radical (unpaired) electrons. The minimum atomic E-state index is -5.17. The summed E-state index contributed by atoms with van der Waals surface area (Å²) in [6.07, 6.45) is -4.42. The standard InChI is InChI=1S/C11H4Cl4F3NO2/c12-5-1-4-2-6(9(20)21)10(14,11(16,17)18)19(15)8(4)7(13)3-5/h1-3H,(H,20,21)/t10-/m1/s1. The molecule has 0 spiro atoms. The van der Waals surface area contributed by atoms with Crippen LogP contribution in [-0.2, 0) is 4.79 Å². The van der Waals surface area contributed by atoms with E-state index >= 15 is 0 Å². The first-order valence-corrected chi connectivity index (χ1v) is 6.63. The van der Waals surface area contributed by atoms with E-state index in [0.29, 0.717) is 0 Å². The van der Waals surface area contributed by atoms with Crippen molar-refractivity contribution >= 4 is 64.3 Å². The number of carbonyl (C=O) groups is 1. The summed E-state index contributed by atoms with van der Waals surface area (Å²) in [5.74, 6) is -1.87. The second-order valence-electron chi connectivity index (χ2n) is 4.09. The molecule has 114 valence electrons. The van der Waals surface area contributed by atoms with Gasteiger partial charge in [0, 0.05) is 22.4 Å². The molecule has 0 unspecified atom stereocenters. The fraction of sp³-hybridized carbons (Fsp3) is 0.182. The molecule has 1 heterocycles. The van der Waals surface area contributed by atoms with Gasteiger partial charge in [0.2, 0.25) is 0 Å². The molecule has 0 saturated heterocycles. The maximum atomic E-state index is 13.3. The van der Waals surface area contributed by atoms with Crippen LogP contribution < -0.4 is 4.42 Å². The number of alkyl halides is 4. The van der Waals surface area contributed by atoms with Gasteiger partial charge in [0.15, 0.2) is 0 Å². The van der Waals surface area contributed by atoms with Crippen molar-refractivity contribution in [3.8, 4) is 0 Å². The van der Waals surface area contributed by atoms with Crippen LogP contribution in [0, 0.1) is 0 Å². The summed E-state index contributed by atoms with van der Waals surface area (Å²) in [7, 11) is 0. The lowest BCUT2D eigenvalue weighted by molar-refractivity contribution is -0.157. The first kappa shape index (κ1) is 16.5. The van der Waals surface area contributed by atoms with Crippen molar-refractivity contribution in [2.45, 2.75) is 11.2 Å². The van der Waals surface area contributed by atoms with Gasteiger partial charge >= 0.3 is 12.1 Å². The third-order valence-electron chi connectivity index (χ3n) is 2.79. The van der Waals surface area contributed by atoms with Gasteiger partial charge in [-0.25, -0.2) is 9.21 Å². The van der Waals surface area contributed by atoms with Crippen molar-refractivity contribution in [1.82, 2.24) is 0 Å². The molecule has 1 aliphatic rings. The highest BCUT2D eigenvalue weighted by Crippen LogP contribution is 2.53. The van der Waals surface area contributed by atoms with E-state index in [1.54, 1.807) is 0 Å². The molecule has 0 bridgehead atoms. The Morgan fingerprint density at radius 2 is 1.86 bits per heavy atom. The summed E-state index contributed by atoms with van der Waals surface area (Å²) in [4.78, 5) is 7.68. The monoisotopic (exact) mass is 379 g/mol. The Balaban J connectivity index is 2.83. The molecule has 1 aliphatic heterocycles. The van der Waals surface area contributed by atoms with Crippen LogP contribution in [0.5, 0.6) is 0 Å². The number of nitrogens with zero attached hydrogens (tertiary/aromatic N) is 1. The molecular formula is C11H4Cl4F3NO2. The van der Waals surface area contributed by atoms with Crippen LogP contribution in [-0.4, -0.2) is 22.3 Å². The SMILES string of the molecule is O=C(O)C1=Cc2cc(Cl)cc(Cl)c2N(Cl)[C@@]1(Cl)C(F)(F)F. The largest absolute Gasteiger partial charge is 0.478 e. The summed E-state index contributed by atoms with van der Waals surface area (Å²) < 4.78 is 39.8. The van der Waals surface area contributed by atoms with Gasteiger partial charge in [-0.15, -0.1) is 0 Å². The van der Waals surface area contributed by atoms with Crippen molar-refractivity contribution in [1.29, 1.82) is 0 Å². The number of benzene rings is 1. The second kappa shape index (κ2) is 5.12. The van der Waals surface area contributed by atoms with Crippen LogP contribution in [0.3, 0.4) is 0 Å². The third-order valence-corrected chi connectivity index (χ3v) is 4.39. The number of anilines is 1. The zero-order valence-corrected chi connectivity index (χ0v) is 12.7. The number of halogens is 7. The van der Waals surface area contributed by atoms with E-state index in [1.165, 1.54) is 12.1 Å². The number of rotatable bonds is 1. The van der Waals surface area contributed by atoms with Crippen molar-refractivity contribution in [3.63, 3.8) is 0 Å². The lowest BCUT2D eigenvalue weighted by Crippen LogP contribution is -2.55. The second-order valence-corrected chi connectivity index (χ2v) is 5.82. The van der Waals surface area contributed by atoms with Crippen molar-refractivity contribution in [3.05, 3.63) is 33.3 Å². The summed E-state index contributed by atoms with van der Waals surface area (Å²) in [6, 6.07) is 2.40. The van der Waals surface area contributed by atoms with Crippen LogP contribution >= 0.6 is 46.6 Å². The zero-order valence-electron chi connectivity index (χ0n) is 9.68. The molecule has 0 fully saturated rings. The van der Waals surface area contributed by atoms with E-state index in [9.17, 15) is 18.0 Å². The Morgan fingerprint density at radius 3 is 2.33 bits per heavy atom. The average Bonchev–Trinajstić information content (AvgIpc) is 2.30. The molecule has 2 rings (SSSR count). The number of hydrogen-bond donors (Lipinski definition) is 1. The molecule has 0 aliphatic carbocycles. The van der Waals surface area contributed by atoms with Gasteiger partial charge in [-0.3, -0.25) is 0 Å². The van der Waals surface area contributed by atoms with E-state index in [2.05, 4.69) is 0 Å². The van der Waals surface area contributed by atoms with Crippen molar-refractivity contribution in [2.75, 3.05) is 4.42 Å². The third kappa shape index (κ3) is 2.44. The average molecular weight is 381 g/mol. The topological polar surface area (TPSA) is 40.5 Å². The van der Waals surface area contributed by atoms with Crippen molar-refractivity contribution in [2.24, 2.45) is 0 Å². The number of carboxylic acids is 1. The van der Waals surface area contributed by atoms with Crippen LogP contribution in [0.25, 0.3) is 6.08 Å². The van der Waals surface area contributed by atoms with Crippen LogP contribution in [0.2, 0.25) is 10.0 Å². The first-order chi connectivity index (χ1) is 9.50. The van der Waals surface area contributed by atoms with Gasteiger partial charge in [-0.05, 0) is 18.2 Å². The molecule has 1 N–H and O–H groups in total. The van der Waals surface area contributed by atoms with E-state index < -0.39 is 22.7 Å². The number of hydrogen-bond acceptors (Lipinski definition) is 2. The highest BCUT2D eigenvalue weighted by atomic mass is 35.5. The van der Waals surface area contributed by atoms with Crippen LogP contribution in [0.1, 0.15) is 5.56 Å². The Hall–Kier alpha value is -0.820. The predicted octanol–water partition coefficient (Wildman–Crippen LogP) is 4.93. The van der Waals surface area contributed by atoms with E-state index in [4.69, 9.17) is 51.7 Å². The molecule has 0 aromatic heterocycles. The minimum absolute atomic E-state index is 0.0143. The molecule has 10 heteroatoms. The molecular weight excluding hydrogens is 377 g/mol. The molecule has 1 atom stereocenters. The fourth-order valence-electron chi connectivity index (χ4n) is 1.88. The Kier molecular flexibility index (Phi) is 4.04. The van der Waals surface area contributed by atoms with E-state index in [1.807, 2.05) is 0 Å². The molecule has 21 heavy (non-hydrogen) atoms. The highest BCUT2D eigenvalue weighted by molar-refractivity contribution is 6.44. The Bertz CT molecular complexity index is 662. The van der Waals surface area contributed by atoms with Gasteiger partial charge in [0.1, 0.15) is 0 Å². The number of carboxylic acid groups (broad SMARTS) is 1. The Morgan fingerprint density at radius 1 is 1.29 bits per heavy atom. The summed E-state index contributed by atoms with van der Waals surface area (Å²) >= 11 is 22.8. The Labute approximate surface area is 136 Å². The molecule has 1 aromatic rings. The summed E-state index contributed by atoms with van der Waals surface area (Å²) in [5.41, 5.74) is -1.42. The van der Waals surface area contributed by atoms with E-state index in [0.717, 1.165) is 6.08 Å². The zero-order chi connectivity index (χ0) is 16.2. The predicted molar refractivity (Wildman–Crippen MR) is 75.0 cm³/mol. The normalized spacial score (nSPS) is 21.9. The quantitative estimate of drug-likeness (QED) is 0.426. The summed E-state index contributed by atoms with van der Waals surface area (Å²) in [6.45, 7) is 0. The highest BCUT2D eigenvalue weighted by Gasteiger charge is 2.64. The van der Waals surface area contributed by atoms with Crippen molar-refractivity contribution < 1.29 is 23.1 Å². The number of fused-ring (bicyclic) bond motifs is 1. The fourth-order valence-corrected chi connectivity index (χ4v) is 3.11.